The molecule has 2 aromatic rings. The van der Waals surface area contributed by atoms with Crippen molar-refractivity contribution in [2.24, 2.45) is 0 Å². The van der Waals surface area contributed by atoms with E-state index in [1.54, 1.807) is 0 Å². The average molecular weight is 306 g/mol. The lowest BCUT2D eigenvalue weighted by molar-refractivity contribution is 0.589. The van der Waals surface area contributed by atoms with E-state index in [2.05, 4.69) is 44.2 Å². The molecule has 0 saturated carbocycles. The lowest BCUT2D eigenvalue weighted by Crippen LogP contribution is -2.25. The molecule has 0 saturated heterocycles. The molecular weight excluding hydrogens is 282 g/mol. The predicted molar refractivity (Wildman–Crippen MR) is 89.6 cm³/mol. The van der Waals surface area contributed by atoms with Gasteiger partial charge in [0.25, 0.3) is 0 Å². The summed E-state index contributed by atoms with van der Waals surface area (Å²) in [7, 11) is 0. The fourth-order valence-electron chi connectivity index (χ4n) is 2.49. The van der Waals surface area contributed by atoms with E-state index in [0.29, 0.717) is 6.04 Å². The molecule has 2 rings (SSSR count). The minimum absolute atomic E-state index is 0.511. The average Bonchev–Trinajstić information content (AvgIpc) is 2.69. The summed E-state index contributed by atoms with van der Waals surface area (Å²) < 4.78 is 1.99. The van der Waals surface area contributed by atoms with Gasteiger partial charge in [0.05, 0.1) is 11.4 Å². The molecule has 0 bridgehead atoms. The molecule has 1 N–H and O–H groups in total. The fraction of sp³-hybridized carbons (Fsp3) is 0.471. The zero-order valence-electron chi connectivity index (χ0n) is 13.5. The molecule has 0 radical (unpaired) electrons. The van der Waals surface area contributed by atoms with E-state index in [1.807, 2.05) is 23.7 Å². The zero-order chi connectivity index (χ0) is 15.6. The van der Waals surface area contributed by atoms with Crippen molar-refractivity contribution in [3.63, 3.8) is 0 Å². The molecule has 0 amide bonds. The van der Waals surface area contributed by atoms with Crippen LogP contribution in [0.25, 0.3) is 5.69 Å². The SMILES string of the molecule is Cc1ccc(-n2nc(C)c(CCNC(C)C)c2C)cc1Cl. The van der Waals surface area contributed by atoms with Crippen LogP contribution in [0.5, 0.6) is 0 Å². The summed E-state index contributed by atoms with van der Waals surface area (Å²) in [5, 5.41) is 8.92. The van der Waals surface area contributed by atoms with Crippen molar-refractivity contribution in [2.75, 3.05) is 6.54 Å². The molecule has 1 heterocycles. The summed E-state index contributed by atoms with van der Waals surface area (Å²) in [6.07, 6.45) is 0.995. The lowest BCUT2D eigenvalue weighted by atomic mass is 10.1. The molecule has 1 aromatic heterocycles. The Bertz CT molecular complexity index is 629. The molecule has 21 heavy (non-hydrogen) atoms. The van der Waals surface area contributed by atoms with Crippen LogP contribution in [-0.4, -0.2) is 22.4 Å². The Labute approximate surface area is 132 Å². The number of hydrogen-bond acceptors (Lipinski definition) is 2. The second kappa shape index (κ2) is 6.63. The quantitative estimate of drug-likeness (QED) is 0.905. The van der Waals surface area contributed by atoms with Crippen molar-refractivity contribution in [3.05, 3.63) is 45.7 Å². The van der Waals surface area contributed by atoms with Crippen LogP contribution >= 0.6 is 11.6 Å². The van der Waals surface area contributed by atoms with Gasteiger partial charge in [-0.15, -0.1) is 0 Å². The number of nitrogens with one attached hydrogen (secondary N) is 1. The predicted octanol–water partition coefficient (Wildman–Crippen LogP) is 3.99. The Hall–Kier alpha value is -1.32. The Kier molecular flexibility index (Phi) is 5.07. The zero-order valence-corrected chi connectivity index (χ0v) is 14.3. The lowest BCUT2D eigenvalue weighted by Gasteiger charge is -2.09. The molecule has 0 spiro atoms. The molecule has 0 aliphatic rings. The normalized spacial score (nSPS) is 11.4. The largest absolute Gasteiger partial charge is 0.314 e. The van der Waals surface area contributed by atoms with Gasteiger partial charge in [-0.3, -0.25) is 0 Å². The van der Waals surface area contributed by atoms with Crippen LogP contribution in [0.3, 0.4) is 0 Å². The monoisotopic (exact) mass is 305 g/mol. The highest BCUT2D eigenvalue weighted by atomic mass is 35.5. The molecule has 1 aromatic carbocycles. The van der Waals surface area contributed by atoms with Crippen molar-refractivity contribution in [1.82, 2.24) is 15.1 Å². The van der Waals surface area contributed by atoms with Crippen LogP contribution < -0.4 is 5.32 Å². The van der Waals surface area contributed by atoms with E-state index < -0.39 is 0 Å². The maximum absolute atomic E-state index is 6.23. The maximum Gasteiger partial charge on any atom is 0.0663 e. The summed E-state index contributed by atoms with van der Waals surface area (Å²) in [6, 6.07) is 6.59. The van der Waals surface area contributed by atoms with Crippen molar-refractivity contribution in [2.45, 2.75) is 47.1 Å². The number of rotatable bonds is 5. The van der Waals surface area contributed by atoms with E-state index in [9.17, 15) is 0 Å². The Balaban J connectivity index is 2.27. The smallest absolute Gasteiger partial charge is 0.0663 e. The van der Waals surface area contributed by atoms with Gasteiger partial charge in [0, 0.05) is 16.8 Å². The first-order valence-electron chi connectivity index (χ1n) is 7.45. The standard InChI is InChI=1S/C17H24ClN3/c1-11(2)19-9-8-16-13(4)20-21(14(16)5)15-7-6-12(3)17(18)10-15/h6-7,10-11,19H,8-9H2,1-5H3. The number of halogens is 1. The highest BCUT2D eigenvalue weighted by Gasteiger charge is 2.13. The molecule has 4 heteroatoms. The van der Waals surface area contributed by atoms with Gasteiger partial charge in [-0.05, 0) is 57.0 Å². The molecule has 114 valence electrons. The summed E-state index contributed by atoms with van der Waals surface area (Å²) in [5.41, 5.74) is 5.71. The van der Waals surface area contributed by atoms with Gasteiger partial charge in [0.2, 0.25) is 0 Å². The molecular formula is C17H24ClN3. The molecule has 0 aliphatic carbocycles. The molecule has 3 nitrogen and oxygen atoms in total. The van der Waals surface area contributed by atoms with Gasteiger partial charge < -0.3 is 5.32 Å². The van der Waals surface area contributed by atoms with Crippen molar-refractivity contribution >= 4 is 11.6 Å². The molecule has 0 unspecified atom stereocenters. The molecule has 0 aliphatic heterocycles. The van der Waals surface area contributed by atoms with E-state index in [-0.39, 0.29) is 0 Å². The Morgan fingerprint density at radius 3 is 2.57 bits per heavy atom. The van der Waals surface area contributed by atoms with E-state index >= 15 is 0 Å². The minimum atomic E-state index is 0.511. The van der Waals surface area contributed by atoms with Crippen LogP contribution in [0.2, 0.25) is 5.02 Å². The van der Waals surface area contributed by atoms with Gasteiger partial charge >= 0.3 is 0 Å². The first-order valence-corrected chi connectivity index (χ1v) is 7.83. The third-order valence-electron chi connectivity index (χ3n) is 3.77. The first-order chi connectivity index (χ1) is 9.90. The first kappa shape index (κ1) is 16.1. The summed E-state index contributed by atoms with van der Waals surface area (Å²) in [6.45, 7) is 11.5. The molecule has 0 fully saturated rings. The van der Waals surface area contributed by atoms with Gasteiger partial charge in [0.1, 0.15) is 0 Å². The summed E-state index contributed by atoms with van der Waals surface area (Å²) >= 11 is 6.23. The summed E-state index contributed by atoms with van der Waals surface area (Å²) in [4.78, 5) is 0. The number of aryl methyl sites for hydroxylation is 2. The Morgan fingerprint density at radius 2 is 1.95 bits per heavy atom. The van der Waals surface area contributed by atoms with Crippen LogP contribution in [0.1, 0.15) is 36.4 Å². The van der Waals surface area contributed by atoms with Crippen LogP contribution in [0.4, 0.5) is 0 Å². The van der Waals surface area contributed by atoms with Crippen molar-refractivity contribution in [1.29, 1.82) is 0 Å². The van der Waals surface area contributed by atoms with Gasteiger partial charge in [0.15, 0.2) is 0 Å². The maximum atomic E-state index is 6.23. The fourth-order valence-corrected chi connectivity index (χ4v) is 2.66. The van der Waals surface area contributed by atoms with Gasteiger partial charge in [-0.25, -0.2) is 4.68 Å². The third kappa shape index (κ3) is 3.66. The van der Waals surface area contributed by atoms with E-state index in [4.69, 9.17) is 11.6 Å². The van der Waals surface area contributed by atoms with E-state index in [0.717, 1.165) is 34.9 Å². The minimum Gasteiger partial charge on any atom is -0.314 e. The van der Waals surface area contributed by atoms with Crippen LogP contribution in [0.15, 0.2) is 18.2 Å². The number of hydrogen-bond donors (Lipinski definition) is 1. The second-order valence-electron chi connectivity index (χ2n) is 5.85. The van der Waals surface area contributed by atoms with Crippen molar-refractivity contribution < 1.29 is 0 Å². The third-order valence-corrected chi connectivity index (χ3v) is 4.18. The van der Waals surface area contributed by atoms with Gasteiger partial charge in [-0.2, -0.15) is 5.10 Å². The second-order valence-corrected chi connectivity index (χ2v) is 6.26. The van der Waals surface area contributed by atoms with Crippen LogP contribution in [0, 0.1) is 20.8 Å². The number of nitrogens with zero attached hydrogens (tertiary/aromatic N) is 2. The Morgan fingerprint density at radius 1 is 1.24 bits per heavy atom. The topological polar surface area (TPSA) is 29.9 Å². The summed E-state index contributed by atoms with van der Waals surface area (Å²) in [5.74, 6) is 0. The van der Waals surface area contributed by atoms with Gasteiger partial charge in [-0.1, -0.05) is 31.5 Å². The van der Waals surface area contributed by atoms with Crippen LogP contribution in [-0.2, 0) is 6.42 Å². The number of aromatic nitrogens is 2. The van der Waals surface area contributed by atoms with Crippen molar-refractivity contribution in [3.8, 4) is 5.69 Å². The highest BCUT2D eigenvalue weighted by Crippen LogP contribution is 2.22. The molecule has 0 atom stereocenters. The van der Waals surface area contributed by atoms with E-state index in [1.165, 1.54) is 11.3 Å². The number of benzene rings is 1. The highest BCUT2D eigenvalue weighted by molar-refractivity contribution is 6.31.